The van der Waals surface area contributed by atoms with Gasteiger partial charge in [0.1, 0.15) is 0 Å². The number of nitrogens with one attached hydrogen (secondary N) is 1. The van der Waals surface area contributed by atoms with Crippen LogP contribution in [-0.4, -0.2) is 7.05 Å². The van der Waals surface area contributed by atoms with Crippen LogP contribution in [0.3, 0.4) is 0 Å². The monoisotopic (exact) mass is 303 g/mol. The van der Waals surface area contributed by atoms with Crippen molar-refractivity contribution in [3.8, 4) is 0 Å². The summed E-state index contributed by atoms with van der Waals surface area (Å²) in [4.78, 5) is 0. The maximum atomic E-state index is 13.8. The molecule has 0 heterocycles. The summed E-state index contributed by atoms with van der Waals surface area (Å²) in [6, 6.07) is 4.41. The van der Waals surface area contributed by atoms with E-state index in [1.54, 1.807) is 0 Å². The summed E-state index contributed by atoms with van der Waals surface area (Å²) in [5, 5.41) is 2.63. The van der Waals surface area contributed by atoms with Crippen LogP contribution in [0.2, 0.25) is 5.02 Å². The fourth-order valence-corrected chi connectivity index (χ4v) is 2.24. The molecule has 20 heavy (non-hydrogen) atoms. The molecule has 1 unspecified atom stereocenters. The fraction of sp³-hybridized carbons (Fsp3) is 0.143. The first-order chi connectivity index (χ1) is 9.45. The lowest BCUT2D eigenvalue weighted by Crippen LogP contribution is -2.20. The zero-order valence-corrected chi connectivity index (χ0v) is 11.1. The van der Waals surface area contributed by atoms with Gasteiger partial charge in [-0.2, -0.15) is 0 Å². The molecule has 6 heteroatoms. The Morgan fingerprint density at radius 1 is 0.950 bits per heavy atom. The first-order valence-corrected chi connectivity index (χ1v) is 6.09. The standard InChI is InChI=1S/C14H10ClF4N/c1-20-14(7-3-2-4-10(16)13(7)19)8-5-11(17)12(18)6-9(8)15/h2-6,14,20H,1H3. The fourth-order valence-electron chi connectivity index (χ4n) is 1.98. The molecule has 0 aromatic heterocycles. The highest BCUT2D eigenvalue weighted by atomic mass is 35.5. The third-order valence-corrected chi connectivity index (χ3v) is 3.26. The van der Waals surface area contributed by atoms with Crippen LogP contribution in [-0.2, 0) is 0 Å². The minimum atomic E-state index is -1.11. The number of benzene rings is 2. The molecule has 0 fully saturated rings. The maximum Gasteiger partial charge on any atom is 0.163 e. The predicted molar refractivity (Wildman–Crippen MR) is 68.6 cm³/mol. The van der Waals surface area contributed by atoms with Crippen LogP contribution in [0.15, 0.2) is 30.3 Å². The van der Waals surface area contributed by atoms with Crippen molar-refractivity contribution in [3.05, 3.63) is 69.8 Å². The van der Waals surface area contributed by atoms with Crippen molar-refractivity contribution in [2.75, 3.05) is 7.05 Å². The van der Waals surface area contributed by atoms with Crippen LogP contribution in [0.1, 0.15) is 17.2 Å². The Morgan fingerprint density at radius 3 is 2.25 bits per heavy atom. The first-order valence-electron chi connectivity index (χ1n) is 5.71. The minimum Gasteiger partial charge on any atom is -0.309 e. The molecule has 0 amide bonds. The van der Waals surface area contributed by atoms with Gasteiger partial charge in [-0.15, -0.1) is 0 Å². The Balaban J connectivity index is 2.58. The summed E-state index contributed by atoms with van der Waals surface area (Å²) in [6.45, 7) is 0. The molecule has 0 saturated carbocycles. The van der Waals surface area contributed by atoms with E-state index >= 15 is 0 Å². The van der Waals surface area contributed by atoms with E-state index in [4.69, 9.17) is 11.6 Å². The SMILES string of the molecule is CNC(c1cc(F)c(F)cc1Cl)c1cccc(F)c1F. The molecule has 0 aliphatic carbocycles. The lowest BCUT2D eigenvalue weighted by Gasteiger charge is -2.19. The lowest BCUT2D eigenvalue weighted by atomic mass is 9.98. The molecule has 0 radical (unpaired) electrons. The lowest BCUT2D eigenvalue weighted by molar-refractivity contribution is 0.484. The minimum absolute atomic E-state index is 0.0413. The van der Waals surface area contributed by atoms with E-state index in [-0.39, 0.29) is 16.1 Å². The van der Waals surface area contributed by atoms with Crippen molar-refractivity contribution >= 4 is 11.6 Å². The highest BCUT2D eigenvalue weighted by Crippen LogP contribution is 2.31. The van der Waals surface area contributed by atoms with Gasteiger partial charge in [0, 0.05) is 10.6 Å². The van der Waals surface area contributed by atoms with Gasteiger partial charge in [-0.1, -0.05) is 23.7 Å². The Bertz CT molecular complexity index is 645. The van der Waals surface area contributed by atoms with Gasteiger partial charge in [0.25, 0.3) is 0 Å². The van der Waals surface area contributed by atoms with Crippen molar-refractivity contribution in [1.82, 2.24) is 5.32 Å². The number of halogens is 5. The molecule has 2 aromatic rings. The van der Waals surface area contributed by atoms with Crippen LogP contribution in [0, 0.1) is 23.3 Å². The number of hydrogen-bond donors (Lipinski definition) is 1. The highest BCUT2D eigenvalue weighted by molar-refractivity contribution is 6.31. The molecule has 0 spiro atoms. The van der Waals surface area contributed by atoms with Gasteiger partial charge in [0.15, 0.2) is 23.3 Å². The Morgan fingerprint density at radius 2 is 1.60 bits per heavy atom. The van der Waals surface area contributed by atoms with Crippen LogP contribution in [0.4, 0.5) is 17.6 Å². The summed E-state index contributed by atoms with van der Waals surface area (Å²) in [5.41, 5.74) is 0.0815. The van der Waals surface area contributed by atoms with Gasteiger partial charge in [-0.25, -0.2) is 17.6 Å². The molecule has 106 valence electrons. The second kappa shape index (κ2) is 5.81. The molecule has 1 nitrogen and oxygen atoms in total. The van der Waals surface area contributed by atoms with Gasteiger partial charge < -0.3 is 5.32 Å². The van der Waals surface area contributed by atoms with E-state index in [9.17, 15) is 17.6 Å². The molecule has 0 aliphatic heterocycles. The Kier molecular flexibility index (Phi) is 4.30. The second-order valence-electron chi connectivity index (χ2n) is 4.15. The summed E-state index contributed by atoms with van der Waals surface area (Å²) in [7, 11) is 1.48. The molecule has 0 bridgehead atoms. The van der Waals surface area contributed by atoms with Gasteiger partial charge in [0.05, 0.1) is 6.04 Å². The quantitative estimate of drug-likeness (QED) is 0.662. The van der Waals surface area contributed by atoms with E-state index in [1.807, 2.05) is 0 Å². The molecule has 2 rings (SSSR count). The van der Waals surface area contributed by atoms with Crippen molar-refractivity contribution in [1.29, 1.82) is 0 Å². The molecule has 2 aromatic carbocycles. The van der Waals surface area contributed by atoms with Crippen LogP contribution >= 0.6 is 11.6 Å². The Labute approximate surface area is 118 Å². The van der Waals surface area contributed by atoms with E-state index in [0.717, 1.165) is 18.2 Å². The van der Waals surface area contributed by atoms with Crippen molar-refractivity contribution in [3.63, 3.8) is 0 Å². The van der Waals surface area contributed by atoms with Crippen molar-refractivity contribution < 1.29 is 17.6 Å². The smallest absolute Gasteiger partial charge is 0.163 e. The summed E-state index contributed by atoms with van der Waals surface area (Å²) >= 11 is 5.85. The topological polar surface area (TPSA) is 12.0 Å². The molecule has 0 aliphatic rings. The molecule has 0 saturated heterocycles. The van der Waals surface area contributed by atoms with Gasteiger partial charge in [0.2, 0.25) is 0 Å². The zero-order valence-electron chi connectivity index (χ0n) is 10.4. The highest BCUT2D eigenvalue weighted by Gasteiger charge is 2.22. The van der Waals surface area contributed by atoms with Crippen molar-refractivity contribution in [2.45, 2.75) is 6.04 Å². The van der Waals surface area contributed by atoms with E-state index in [2.05, 4.69) is 5.32 Å². The first kappa shape index (κ1) is 14.8. The van der Waals surface area contributed by atoms with Crippen LogP contribution < -0.4 is 5.32 Å². The third-order valence-electron chi connectivity index (χ3n) is 2.93. The van der Waals surface area contributed by atoms with E-state index in [0.29, 0.717) is 0 Å². The van der Waals surface area contributed by atoms with Crippen molar-refractivity contribution in [2.24, 2.45) is 0 Å². The van der Waals surface area contributed by atoms with E-state index in [1.165, 1.54) is 19.2 Å². The summed E-state index contributed by atoms with van der Waals surface area (Å²) in [5.74, 6) is -4.30. The average molecular weight is 304 g/mol. The molecule has 1 atom stereocenters. The Hall–Kier alpha value is -1.59. The molecular formula is C14H10ClF4N. The van der Waals surface area contributed by atoms with Gasteiger partial charge in [-0.3, -0.25) is 0 Å². The second-order valence-corrected chi connectivity index (χ2v) is 4.56. The maximum absolute atomic E-state index is 13.8. The number of hydrogen-bond acceptors (Lipinski definition) is 1. The summed E-state index contributed by atoms with van der Waals surface area (Å²) < 4.78 is 53.5. The largest absolute Gasteiger partial charge is 0.309 e. The third kappa shape index (κ3) is 2.64. The summed E-state index contributed by atoms with van der Waals surface area (Å²) in [6.07, 6.45) is 0. The van der Waals surface area contributed by atoms with Crippen LogP contribution in [0.25, 0.3) is 0 Å². The zero-order chi connectivity index (χ0) is 14.9. The normalized spacial score (nSPS) is 12.5. The van der Waals surface area contributed by atoms with Gasteiger partial charge >= 0.3 is 0 Å². The van der Waals surface area contributed by atoms with E-state index < -0.39 is 29.3 Å². The predicted octanol–water partition coefficient (Wildman–Crippen LogP) is 4.21. The van der Waals surface area contributed by atoms with Crippen LogP contribution in [0.5, 0.6) is 0 Å². The number of rotatable bonds is 3. The molecule has 1 N–H and O–H groups in total. The van der Waals surface area contributed by atoms with Gasteiger partial charge in [-0.05, 0) is 30.8 Å². The molecular weight excluding hydrogens is 294 g/mol. The average Bonchev–Trinajstić information content (AvgIpc) is 2.41.